The molecule has 0 aromatic heterocycles. The molecule has 0 bridgehead atoms. The van der Waals surface area contributed by atoms with Gasteiger partial charge < -0.3 is 18.9 Å². The van der Waals surface area contributed by atoms with Gasteiger partial charge in [-0.25, -0.2) is 9.59 Å². The highest BCUT2D eigenvalue weighted by Gasteiger charge is 2.65. The summed E-state index contributed by atoms with van der Waals surface area (Å²) in [6.45, 7) is 4.15. The first-order valence-electron chi connectivity index (χ1n) is 22.0. The number of carbonyl (C=O) groups is 2. The van der Waals surface area contributed by atoms with Crippen LogP contribution in [0.15, 0.2) is 60.7 Å². The normalized spacial score (nSPS) is 15.2. The molecule has 12 heteroatoms. The summed E-state index contributed by atoms with van der Waals surface area (Å²) in [4.78, 5) is 27.5. The second-order valence-corrected chi connectivity index (χ2v) is 15.7. The summed E-state index contributed by atoms with van der Waals surface area (Å²) >= 11 is 0. The average molecular weight is 845 g/mol. The van der Waals surface area contributed by atoms with Crippen molar-refractivity contribution in [1.29, 1.82) is 0 Å². The molecule has 0 spiro atoms. The molecule has 59 heavy (non-hydrogen) atoms. The lowest BCUT2D eigenvalue weighted by Gasteiger charge is -2.35. The summed E-state index contributed by atoms with van der Waals surface area (Å²) in [5.41, 5.74) is -7.91. The smallest absolute Gasteiger partial charge is 0.432 e. The van der Waals surface area contributed by atoms with E-state index in [0.717, 1.165) is 70.6 Å². The van der Waals surface area contributed by atoms with Crippen LogP contribution in [0.4, 0.5) is 26.3 Å². The van der Waals surface area contributed by atoms with Crippen molar-refractivity contribution in [2.45, 2.75) is 197 Å². The molecule has 0 aliphatic rings. The van der Waals surface area contributed by atoms with E-state index >= 15 is 0 Å². The molecule has 2 aromatic rings. The van der Waals surface area contributed by atoms with Crippen molar-refractivity contribution in [2.24, 2.45) is 0 Å². The highest BCUT2D eigenvalue weighted by Crippen LogP contribution is 2.45. The second-order valence-electron chi connectivity index (χ2n) is 15.7. The topological polar surface area (TPSA) is 71.1 Å². The van der Waals surface area contributed by atoms with Crippen LogP contribution in [0.1, 0.15) is 173 Å². The third-order valence-corrected chi connectivity index (χ3v) is 11.2. The molecule has 6 nitrogen and oxygen atoms in total. The maximum absolute atomic E-state index is 14.8. The lowest BCUT2D eigenvalue weighted by Crippen LogP contribution is -2.53. The van der Waals surface area contributed by atoms with E-state index in [-0.39, 0.29) is 19.3 Å². The van der Waals surface area contributed by atoms with Gasteiger partial charge in [0.25, 0.3) is 11.2 Å². The molecular weight excluding hydrogens is 774 g/mol. The van der Waals surface area contributed by atoms with Crippen LogP contribution in [0.5, 0.6) is 0 Å². The quantitative estimate of drug-likeness (QED) is 0.0415. The number of unbranched alkanes of at least 4 members (excludes halogenated alkanes) is 18. The number of carbonyl (C=O) groups excluding carboxylic acids is 2. The Morgan fingerprint density at radius 1 is 0.458 bits per heavy atom. The molecule has 0 saturated carbocycles. The number of rotatable bonds is 32. The molecule has 0 amide bonds. The molecule has 0 radical (unpaired) electrons. The molecule has 336 valence electrons. The van der Waals surface area contributed by atoms with Gasteiger partial charge in [0.15, 0.2) is 0 Å². The predicted molar refractivity (Wildman–Crippen MR) is 220 cm³/mol. The van der Waals surface area contributed by atoms with Crippen LogP contribution in [-0.2, 0) is 39.7 Å². The summed E-state index contributed by atoms with van der Waals surface area (Å²) in [5.74, 6) is -3.42. The predicted octanol–water partition coefficient (Wildman–Crippen LogP) is 14.0. The Hall–Kier alpha value is -3.12. The Morgan fingerprint density at radius 3 is 1.02 bits per heavy atom. The van der Waals surface area contributed by atoms with Gasteiger partial charge in [0.05, 0.1) is 0 Å². The Labute approximate surface area is 349 Å². The number of esters is 2. The molecule has 0 N–H and O–H groups in total. The third-order valence-electron chi connectivity index (χ3n) is 11.2. The number of hydrogen-bond acceptors (Lipinski definition) is 6. The van der Waals surface area contributed by atoms with Gasteiger partial charge in [0.2, 0.25) is 0 Å². The molecule has 2 rings (SSSR count). The number of halogens is 6. The summed E-state index contributed by atoms with van der Waals surface area (Å²) in [6.07, 6.45) is 8.13. The molecule has 2 unspecified atom stereocenters. The number of hydrogen-bond donors (Lipinski definition) is 0. The fraction of sp³-hybridized carbons (Fsp3) is 0.702. The van der Waals surface area contributed by atoms with Gasteiger partial charge >= 0.3 is 24.3 Å². The largest absolute Gasteiger partial charge is 0.460 e. The fourth-order valence-electron chi connectivity index (χ4n) is 7.70. The van der Waals surface area contributed by atoms with Crippen molar-refractivity contribution < 1.29 is 54.9 Å². The lowest BCUT2D eigenvalue weighted by molar-refractivity contribution is -0.279. The first kappa shape index (κ1) is 52.0. The summed E-state index contributed by atoms with van der Waals surface area (Å²) in [6, 6.07) is 12.8. The Bertz CT molecular complexity index is 1410. The Kier molecular flexibility index (Phi) is 24.4. The number of methoxy groups -OCH3 is 2. The summed E-state index contributed by atoms with van der Waals surface area (Å²) < 4.78 is 110. The van der Waals surface area contributed by atoms with E-state index in [1.165, 1.54) is 107 Å². The van der Waals surface area contributed by atoms with Crippen molar-refractivity contribution in [2.75, 3.05) is 14.2 Å². The lowest BCUT2D eigenvalue weighted by atomic mass is 9.92. The van der Waals surface area contributed by atoms with E-state index < -0.39 is 58.8 Å². The van der Waals surface area contributed by atoms with Crippen LogP contribution in [0, 0.1) is 0 Å². The highest BCUT2D eigenvalue weighted by atomic mass is 19.4. The van der Waals surface area contributed by atoms with E-state index in [4.69, 9.17) is 18.9 Å². The maximum Gasteiger partial charge on any atom is 0.432 e. The van der Waals surface area contributed by atoms with Gasteiger partial charge in [-0.3, -0.25) is 0 Å². The van der Waals surface area contributed by atoms with Gasteiger partial charge in [-0.2, -0.15) is 26.3 Å². The minimum absolute atomic E-state index is 0.0898. The Balaban J connectivity index is 2.18. The zero-order chi connectivity index (χ0) is 43.6. The summed E-state index contributed by atoms with van der Waals surface area (Å²) in [7, 11) is 1.54. The minimum Gasteiger partial charge on any atom is -0.460 e. The molecule has 4 atom stereocenters. The third kappa shape index (κ3) is 16.4. The van der Waals surface area contributed by atoms with Crippen molar-refractivity contribution in [3.63, 3.8) is 0 Å². The zero-order valence-electron chi connectivity index (χ0n) is 35.9. The van der Waals surface area contributed by atoms with Crippen molar-refractivity contribution >= 4 is 11.9 Å². The Morgan fingerprint density at radius 2 is 0.729 bits per heavy atom. The standard InChI is InChI=1S/C47H70F6O6/c1-5-7-9-10-11-12-13-14-15-16-17-18-19-20-21-22-30-36-41(59-43(55)45(57-4,47(51,52)53)39-33-28-24-29-34-39)37-40(35-25-8-6-2)58-42(54)44(56-3,46(48,49)50)38-31-26-23-27-32-38/h23-24,26-29,31-34,40-41H,5-22,25,30,35-37H2,1-4H3/t40-,41+,44?,45?/m0/s1. The van der Waals surface area contributed by atoms with E-state index in [1.54, 1.807) is 0 Å². The SMILES string of the molecule is CCCCCCCCCCCCCCCCCCC[C@H](C[C@H](CCCCC)OC(=O)C(OC)(c1ccccc1)C(F)(F)F)OC(=O)C(OC)(c1ccccc1)C(F)(F)F. The minimum atomic E-state index is -5.23. The monoisotopic (exact) mass is 845 g/mol. The van der Waals surface area contributed by atoms with E-state index in [9.17, 15) is 35.9 Å². The first-order chi connectivity index (χ1) is 28.2. The number of ether oxygens (including phenoxy) is 4. The van der Waals surface area contributed by atoms with Crippen LogP contribution in [0.25, 0.3) is 0 Å². The van der Waals surface area contributed by atoms with Gasteiger partial charge in [0, 0.05) is 31.8 Å². The molecule has 0 aliphatic carbocycles. The molecule has 2 aromatic carbocycles. The van der Waals surface area contributed by atoms with Gasteiger partial charge in [-0.05, 0) is 25.7 Å². The van der Waals surface area contributed by atoms with Gasteiger partial charge in [0.1, 0.15) is 12.2 Å². The van der Waals surface area contributed by atoms with Crippen LogP contribution in [0.3, 0.4) is 0 Å². The van der Waals surface area contributed by atoms with Gasteiger partial charge in [-0.15, -0.1) is 0 Å². The molecule has 0 heterocycles. The van der Waals surface area contributed by atoms with Crippen LogP contribution in [-0.4, -0.2) is 50.7 Å². The molecule has 0 aliphatic heterocycles. The van der Waals surface area contributed by atoms with E-state index in [2.05, 4.69) is 6.92 Å². The second kappa shape index (κ2) is 27.7. The van der Waals surface area contributed by atoms with Crippen molar-refractivity contribution in [3.05, 3.63) is 71.8 Å². The zero-order valence-corrected chi connectivity index (χ0v) is 35.9. The molecule has 0 saturated heterocycles. The number of benzene rings is 2. The fourth-order valence-corrected chi connectivity index (χ4v) is 7.70. The molecule has 0 fully saturated rings. The van der Waals surface area contributed by atoms with Crippen molar-refractivity contribution in [1.82, 2.24) is 0 Å². The average Bonchev–Trinajstić information content (AvgIpc) is 3.19. The van der Waals surface area contributed by atoms with Crippen LogP contribution >= 0.6 is 0 Å². The first-order valence-corrected chi connectivity index (χ1v) is 22.0. The number of alkyl halides is 6. The van der Waals surface area contributed by atoms with E-state index in [0.29, 0.717) is 25.7 Å². The van der Waals surface area contributed by atoms with Crippen LogP contribution in [0.2, 0.25) is 0 Å². The van der Waals surface area contributed by atoms with E-state index in [1.807, 2.05) is 6.92 Å². The van der Waals surface area contributed by atoms with Gasteiger partial charge in [-0.1, -0.05) is 190 Å². The molecular formula is C47H70F6O6. The highest BCUT2D eigenvalue weighted by molar-refractivity contribution is 5.83. The van der Waals surface area contributed by atoms with Crippen LogP contribution < -0.4 is 0 Å². The summed E-state index contributed by atoms with van der Waals surface area (Å²) in [5, 5.41) is 0. The van der Waals surface area contributed by atoms with Crippen molar-refractivity contribution in [3.8, 4) is 0 Å². The maximum atomic E-state index is 14.8.